The molecule has 0 spiro atoms. The summed E-state index contributed by atoms with van der Waals surface area (Å²) in [6.45, 7) is 5.83. The van der Waals surface area contributed by atoms with E-state index in [4.69, 9.17) is 0 Å². The Bertz CT molecular complexity index is 1290. The topological polar surface area (TPSA) is 55.4 Å². The summed E-state index contributed by atoms with van der Waals surface area (Å²) in [5, 5.41) is 9.59. The molecular formula is C23H25N5OS. The van der Waals surface area contributed by atoms with E-state index in [1.165, 1.54) is 11.1 Å². The summed E-state index contributed by atoms with van der Waals surface area (Å²) in [5.74, 6) is 3.64. The molecule has 1 unspecified atom stereocenters. The van der Waals surface area contributed by atoms with E-state index in [0.717, 1.165) is 35.0 Å². The van der Waals surface area contributed by atoms with Crippen LogP contribution in [0.5, 0.6) is 0 Å². The van der Waals surface area contributed by atoms with Crippen LogP contribution in [0.25, 0.3) is 16.7 Å². The van der Waals surface area contributed by atoms with Gasteiger partial charge in [-0.3, -0.25) is 18.7 Å². The molecule has 30 heavy (non-hydrogen) atoms. The van der Waals surface area contributed by atoms with Gasteiger partial charge in [-0.15, -0.1) is 10.2 Å². The van der Waals surface area contributed by atoms with E-state index >= 15 is 0 Å². The van der Waals surface area contributed by atoms with E-state index in [2.05, 4.69) is 46.3 Å². The molecule has 4 aromatic rings. The summed E-state index contributed by atoms with van der Waals surface area (Å²) in [5.41, 5.74) is 4.53. The molecule has 1 fully saturated rings. The molecule has 0 radical (unpaired) electrons. The molecule has 1 aliphatic heterocycles. The number of aryl methyl sites for hydroxylation is 3. The highest BCUT2D eigenvalue weighted by Gasteiger charge is 2.26. The maximum atomic E-state index is 12.8. The monoisotopic (exact) mass is 419 g/mol. The quantitative estimate of drug-likeness (QED) is 0.509. The van der Waals surface area contributed by atoms with Gasteiger partial charge in [0.15, 0.2) is 5.82 Å². The fourth-order valence-electron chi connectivity index (χ4n) is 4.27. The number of fused-ring (bicyclic) bond motifs is 3. The van der Waals surface area contributed by atoms with Gasteiger partial charge in [0.05, 0.1) is 17.4 Å². The van der Waals surface area contributed by atoms with Gasteiger partial charge < -0.3 is 0 Å². The van der Waals surface area contributed by atoms with Crippen LogP contribution in [0.1, 0.15) is 28.6 Å². The number of thioether (sulfide) groups is 1. The van der Waals surface area contributed by atoms with Crippen molar-refractivity contribution in [2.45, 2.75) is 26.4 Å². The van der Waals surface area contributed by atoms with Crippen LogP contribution >= 0.6 is 11.8 Å². The predicted octanol–water partition coefficient (Wildman–Crippen LogP) is 3.49. The molecule has 2 aromatic carbocycles. The van der Waals surface area contributed by atoms with Crippen molar-refractivity contribution in [1.82, 2.24) is 24.1 Å². The van der Waals surface area contributed by atoms with Crippen molar-refractivity contribution >= 4 is 28.4 Å². The first kappa shape index (κ1) is 19.3. The molecule has 1 atom stereocenters. The lowest BCUT2D eigenvalue weighted by Gasteiger charge is -2.35. The Labute approximate surface area is 179 Å². The molecular weight excluding hydrogens is 394 g/mol. The maximum Gasteiger partial charge on any atom is 0.262 e. The second-order valence-corrected chi connectivity index (χ2v) is 9.26. The number of hydrogen-bond acceptors (Lipinski definition) is 5. The van der Waals surface area contributed by atoms with Crippen LogP contribution < -0.4 is 5.56 Å². The van der Waals surface area contributed by atoms with Gasteiger partial charge in [0.2, 0.25) is 5.78 Å². The van der Waals surface area contributed by atoms with Crippen molar-refractivity contribution in [2.75, 3.05) is 18.1 Å². The average Bonchev–Trinajstić information content (AvgIpc) is 3.17. The minimum atomic E-state index is -0.0351. The Morgan fingerprint density at radius 1 is 1.07 bits per heavy atom. The molecule has 3 heterocycles. The lowest BCUT2D eigenvalue weighted by atomic mass is 10.0. The lowest BCUT2D eigenvalue weighted by molar-refractivity contribution is 0.206. The Balaban J connectivity index is 1.60. The van der Waals surface area contributed by atoms with Crippen molar-refractivity contribution in [1.29, 1.82) is 0 Å². The first-order valence-electron chi connectivity index (χ1n) is 10.2. The van der Waals surface area contributed by atoms with Crippen LogP contribution in [-0.2, 0) is 13.6 Å². The largest absolute Gasteiger partial charge is 0.287 e. The van der Waals surface area contributed by atoms with Crippen LogP contribution in [-0.4, -0.2) is 42.1 Å². The number of benzene rings is 2. The molecule has 1 aliphatic rings. The first-order valence-corrected chi connectivity index (χ1v) is 11.4. The zero-order valence-corrected chi connectivity index (χ0v) is 18.3. The zero-order valence-electron chi connectivity index (χ0n) is 17.5. The van der Waals surface area contributed by atoms with Gasteiger partial charge in [0, 0.05) is 31.1 Å². The second kappa shape index (κ2) is 7.56. The summed E-state index contributed by atoms with van der Waals surface area (Å²) in [6.07, 6.45) is 0. The van der Waals surface area contributed by atoms with E-state index in [0.29, 0.717) is 23.8 Å². The Hall–Kier alpha value is -2.64. The highest BCUT2D eigenvalue weighted by molar-refractivity contribution is 7.99. The number of nitrogens with zero attached hydrogens (tertiary/aromatic N) is 5. The second-order valence-electron chi connectivity index (χ2n) is 8.11. The summed E-state index contributed by atoms with van der Waals surface area (Å²) < 4.78 is 3.64. The van der Waals surface area contributed by atoms with Crippen molar-refractivity contribution in [3.8, 4) is 0 Å². The minimum absolute atomic E-state index is 0.0351. The van der Waals surface area contributed by atoms with Crippen LogP contribution in [0.4, 0.5) is 0 Å². The number of hydrogen-bond donors (Lipinski definition) is 0. The minimum Gasteiger partial charge on any atom is -0.287 e. The molecule has 0 amide bonds. The third-order valence-corrected chi connectivity index (χ3v) is 7.01. The van der Waals surface area contributed by atoms with E-state index < -0.39 is 0 Å². The van der Waals surface area contributed by atoms with Gasteiger partial charge in [0.25, 0.3) is 5.56 Å². The molecule has 1 saturated heterocycles. The SMILES string of the molecule is Cc1ccc(C2CSCCN2Cc2nnc3n(C)c(=O)c4cc(C)ccc4n23)cc1. The summed E-state index contributed by atoms with van der Waals surface area (Å²) >= 11 is 2.00. The molecule has 2 aromatic heterocycles. The summed E-state index contributed by atoms with van der Waals surface area (Å²) in [6, 6.07) is 15.2. The average molecular weight is 420 g/mol. The van der Waals surface area contributed by atoms with Crippen LogP contribution in [0.15, 0.2) is 47.3 Å². The number of rotatable bonds is 3. The molecule has 0 aliphatic carbocycles. The molecule has 0 bridgehead atoms. The van der Waals surface area contributed by atoms with Crippen molar-refractivity contribution in [3.05, 3.63) is 75.3 Å². The van der Waals surface area contributed by atoms with Crippen molar-refractivity contribution in [3.63, 3.8) is 0 Å². The highest BCUT2D eigenvalue weighted by Crippen LogP contribution is 2.31. The lowest BCUT2D eigenvalue weighted by Crippen LogP contribution is -2.36. The van der Waals surface area contributed by atoms with Crippen LogP contribution in [0, 0.1) is 13.8 Å². The van der Waals surface area contributed by atoms with E-state index in [9.17, 15) is 4.79 Å². The van der Waals surface area contributed by atoms with Gasteiger partial charge in [-0.25, -0.2) is 0 Å². The van der Waals surface area contributed by atoms with Crippen LogP contribution in [0.3, 0.4) is 0 Å². The van der Waals surface area contributed by atoms with E-state index in [1.807, 2.05) is 41.3 Å². The van der Waals surface area contributed by atoms with Gasteiger partial charge in [0.1, 0.15) is 0 Å². The van der Waals surface area contributed by atoms with Crippen molar-refractivity contribution < 1.29 is 0 Å². The molecule has 7 heteroatoms. The Kier molecular flexibility index (Phi) is 4.87. The van der Waals surface area contributed by atoms with Gasteiger partial charge in [-0.05, 0) is 31.5 Å². The van der Waals surface area contributed by atoms with Crippen LogP contribution in [0.2, 0.25) is 0 Å². The predicted molar refractivity (Wildman–Crippen MR) is 122 cm³/mol. The van der Waals surface area contributed by atoms with Crippen molar-refractivity contribution in [2.24, 2.45) is 7.05 Å². The fourth-order valence-corrected chi connectivity index (χ4v) is 5.42. The fraction of sp³-hybridized carbons (Fsp3) is 0.348. The van der Waals surface area contributed by atoms with E-state index in [1.54, 1.807) is 11.6 Å². The molecule has 154 valence electrons. The van der Waals surface area contributed by atoms with E-state index in [-0.39, 0.29) is 5.56 Å². The van der Waals surface area contributed by atoms with Gasteiger partial charge in [-0.2, -0.15) is 11.8 Å². The highest BCUT2D eigenvalue weighted by atomic mass is 32.2. The number of aromatic nitrogens is 4. The molecule has 6 nitrogen and oxygen atoms in total. The zero-order chi connectivity index (χ0) is 20.8. The molecule has 0 saturated carbocycles. The Morgan fingerprint density at radius 2 is 1.83 bits per heavy atom. The first-order chi connectivity index (χ1) is 14.5. The third-order valence-electron chi connectivity index (χ3n) is 5.99. The maximum absolute atomic E-state index is 12.8. The Morgan fingerprint density at radius 3 is 2.63 bits per heavy atom. The van der Waals surface area contributed by atoms with Gasteiger partial charge in [-0.1, -0.05) is 41.5 Å². The summed E-state index contributed by atoms with van der Waals surface area (Å²) in [7, 11) is 1.77. The normalized spacial score (nSPS) is 17.8. The standard InChI is InChI=1S/C23H25N5OS/c1-15-4-7-17(8-5-15)20-14-30-11-10-27(20)13-21-24-25-23-26(3)22(29)18-12-16(2)6-9-19(18)28(21)23/h4-9,12,20H,10-11,13-14H2,1-3H3. The molecule has 5 rings (SSSR count). The smallest absolute Gasteiger partial charge is 0.262 e. The molecule has 0 N–H and O–H groups in total. The summed E-state index contributed by atoms with van der Waals surface area (Å²) in [4.78, 5) is 15.3. The third kappa shape index (κ3) is 3.22. The van der Waals surface area contributed by atoms with Gasteiger partial charge >= 0.3 is 0 Å².